The number of nitrogens with one attached hydrogen (secondary N) is 1. The number of aryl methyl sites for hydroxylation is 2. The number of rotatable bonds is 4. The molecule has 21 heavy (non-hydrogen) atoms. The summed E-state index contributed by atoms with van der Waals surface area (Å²) in [5.74, 6) is -1.48. The molecule has 0 aliphatic heterocycles. The number of aliphatic carboxylic acids is 1. The Hall–Kier alpha value is -2.62. The number of carboxylic acids is 1. The minimum Gasteiger partial charge on any atom is -0.479 e. The van der Waals surface area contributed by atoms with Crippen LogP contribution in [0.2, 0.25) is 0 Å². The minimum absolute atomic E-state index is 0.391. The molecule has 0 aliphatic rings. The standard InChI is InChI=1S/C17H17NO3/c1-11-8-12(2)10-14(9-11)16(19)18-15(17(20)21)13-6-4-3-5-7-13/h3-10,15H,1-2H3,(H,18,19)(H,20,21). The molecule has 4 heteroatoms. The molecule has 2 aromatic rings. The van der Waals surface area contributed by atoms with E-state index in [0.29, 0.717) is 11.1 Å². The molecule has 0 aromatic heterocycles. The van der Waals surface area contributed by atoms with Gasteiger partial charge < -0.3 is 10.4 Å². The molecule has 1 amide bonds. The molecule has 0 fully saturated rings. The van der Waals surface area contributed by atoms with Crippen molar-refractivity contribution in [2.75, 3.05) is 0 Å². The van der Waals surface area contributed by atoms with Crippen molar-refractivity contribution < 1.29 is 14.7 Å². The maximum Gasteiger partial charge on any atom is 0.330 e. The Labute approximate surface area is 123 Å². The summed E-state index contributed by atoms with van der Waals surface area (Å²) >= 11 is 0. The van der Waals surface area contributed by atoms with Crippen molar-refractivity contribution in [2.45, 2.75) is 19.9 Å². The zero-order chi connectivity index (χ0) is 15.4. The summed E-state index contributed by atoms with van der Waals surface area (Å²) in [6.07, 6.45) is 0. The second kappa shape index (κ2) is 6.22. The lowest BCUT2D eigenvalue weighted by molar-refractivity contribution is -0.139. The predicted molar refractivity (Wildman–Crippen MR) is 80.2 cm³/mol. The molecule has 1 atom stereocenters. The van der Waals surface area contributed by atoms with Crippen molar-refractivity contribution in [3.63, 3.8) is 0 Å². The Balaban J connectivity index is 2.25. The zero-order valence-corrected chi connectivity index (χ0v) is 12.0. The third kappa shape index (κ3) is 3.69. The summed E-state index contributed by atoms with van der Waals surface area (Å²) in [6.45, 7) is 3.80. The molecule has 0 saturated heterocycles. The Morgan fingerprint density at radius 3 is 2.10 bits per heavy atom. The van der Waals surface area contributed by atoms with Gasteiger partial charge in [0.05, 0.1) is 0 Å². The Morgan fingerprint density at radius 1 is 1.00 bits per heavy atom. The van der Waals surface area contributed by atoms with E-state index in [4.69, 9.17) is 0 Å². The second-order valence-electron chi connectivity index (χ2n) is 5.03. The SMILES string of the molecule is Cc1cc(C)cc(C(=O)NC(C(=O)O)c2ccccc2)c1. The fourth-order valence-corrected chi connectivity index (χ4v) is 2.25. The molecule has 108 valence electrons. The zero-order valence-electron chi connectivity index (χ0n) is 12.0. The number of hydrogen-bond acceptors (Lipinski definition) is 2. The highest BCUT2D eigenvalue weighted by atomic mass is 16.4. The van der Waals surface area contributed by atoms with E-state index in [1.54, 1.807) is 42.5 Å². The van der Waals surface area contributed by atoms with Crippen molar-refractivity contribution in [1.82, 2.24) is 5.32 Å². The largest absolute Gasteiger partial charge is 0.479 e. The number of amides is 1. The van der Waals surface area contributed by atoms with E-state index in [-0.39, 0.29) is 0 Å². The molecule has 0 bridgehead atoms. The topological polar surface area (TPSA) is 66.4 Å². The number of hydrogen-bond donors (Lipinski definition) is 2. The molecular formula is C17H17NO3. The molecule has 1 unspecified atom stereocenters. The quantitative estimate of drug-likeness (QED) is 0.906. The highest BCUT2D eigenvalue weighted by molar-refractivity contribution is 5.97. The number of carbonyl (C=O) groups excluding carboxylic acids is 1. The first-order valence-electron chi connectivity index (χ1n) is 6.64. The third-order valence-electron chi connectivity index (χ3n) is 3.14. The van der Waals surface area contributed by atoms with Crippen LogP contribution in [0.3, 0.4) is 0 Å². The molecule has 0 spiro atoms. The second-order valence-corrected chi connectivity index (χ2v) is 5.03. The summed E-state index contributed by atoms with van der Waals surface area (Å²) < 4.78 is 0. The summed E-state index contributed by atoms with van der Waals surface area (Å²) in [4.78, 5) is 23.6. The van der Waals surface area contributed by atoms with Gasteiger partial charge in [-0.2, -0.15) is 0 Å². The maximum atomic E-state index is 12.3. The highest BCUT2D eigenvalue weighted by Gasteiger charge is 2.22. The highest BCUT2D eigenvalue weighted by Crippen LogP contribution is 2.15. The third-order valence-corrected chi connectivity index (χ3v) is 3.14. The van der Waals surface area contributed by atoms with Gasteiger partial charge in [-0.25, -0.2) is 4.79 Å². The van der Waals surface area contributed by atoms with Crippen LogP contribution >= 0.6 is 0 Å². The summed E-state index contributed by atoms with van der Waals surface area (Å²) in [7, 11) is 0. The van der Waals surface area contributed by atoms with E-state index < -0.39 is 17.9 Å². The van der Waals surface area contributed by atoms with Crippen LogP contribution in [-0.2, 0) is 4.79 Å². The van der Waals surface area contributed by atoms with Gasteiger partial charge in [0.25, 0.3) is 5.91 Å². The first-order valence-corrected chi connectivity index (χ1v) is 6.64. The average Bonchev–Trinajstić information content (AvgIpc) is 2.44. The molecular weight excluding hydrogens is 266 g/mol. The molecule has 0 radical (unpaired) electrons. The van der Waals surface area contributed by atoms with Gasteiger partial charge in [0, 0.05) is 5.56 Å². The average molecular weight is 283 g/mol. The van der Waals surface area contributed by atoms with Crippen LogP contribution in [0.5, 0.6) is 0 Å². The van der Waals surface area contributed by atoms with Crippen molar-refractivity contribution in [2.24, 2.45) is 0 Å². The van der Waals surface area contributed by atoms with Gasteiger partial charge in [0.1, 0.15) is 0 Å². The number of benzene rings is 2. The molecule has 2 N–H and O–H groups in total. The van der Waals surface area contributed by atoms with Crippen LogP contribution in [0.1, 0.15) is 33.1 Å². The van der Waals surface area contributed by atoms with E-state index >= 15 is 0 Å². The lowest BCUT2D eigenvalue weighted by Gasteiger charge is -2.15. The fraction of sp³-hybridized carbons (Fsp3) is 0.176. The van der Waals surface area contributed by atoms with Gasteiger partial charge in [-0.05, 0) is 31.5 Å². The van der Waals surface area contributed by atoms with E-state index in [2.05, 4.69) is 5.32 Å². The van der Waals surface area contributed by atoms with Crippen LogP contribution < -0.4 is 5.32 Å². The molecule has 2 rings (SSSR count). The summed E-state index contributed by atoms with van der Waals surface area (Å²) in [5, 5.41) is 11.9. The molecule has 0 saturated carbocycles. The van der Waals surface area contributed by atoms with Gasteiger partial charge >= 0.3 is 5.97 Å². The number of carbonyl (C=O) groups is 2. The minimum atomic E-state index is -1.08. The van der Waals surface area contributed by atoms with E-state index in [9.17, 15) is 14.7 Å². The fourth-order valence-electron chi connectivity index (χ4n) is 2.25. The van der Waals surface area contributed by atoms with Crippen molar-refractivity contribution in [3.05, 3.63) is 70.8 Å². The van der Waals surface area contributed by atoms with Crippen LogP contribution in [0.25, 0.3) is 0 Å². The van der Waals surface area contributed by atoms with Gasteiger partial charge in [-0.1, -0.05) is 47.5 Å². The van der Waals surface area contributed by atoms with Crippen LogP contribution in [0.4, 0.5) is 0 Å². The summed E-state index contributed by atoms with van der Waals surface area (Å²) in [6, 6.07) is 13.0. The van der Waals surface area contributed by atoms with E-state index in [1.807, 2.05) is 19.9 Å². The van der Waals surface area contributed by atoms with Crippen LogP contribution in [-0.4, -0.2) is 17.0 Å². The maximum absolute atomic E-state index is 12.3. The predicted octanol–water partition coefficient (Wildman–Crippen LogP) is 2.86. The normalized spacial score (nSPS) is 11.7. The van der Waals surface area contributed by atoms with Gasteiger partial charge in [0.2, 0.25) is 0 Å². The molecule has 0 heterocycles. The Bertz CT molecular complexity index is 645. The molecule has 2 aromatic carbocycles. The lowest BCUT2D eigenvalue weighted by atomic mass is 10.0. The smallest absolute Gasteiger partial charge is 0.330 e. The summed E-state index contributed by atoms with van der Waals surface area (Å²) in [5.41, 5.74) is 2.94. The molecule has 0 aliphatic carbocycles. The van der Waals surface area contributed by atoms with Gasteiger partial charge in [-0.15, -0.1) is 0 Å². The van der Waals surface area contributed by atoms with Crippen molar-refractivity contribution in [1.29, 1.82) is 0 Å². The lowest BCUT2D eigenvalue weighted by Crippen LogP contribution is -2.33. The first kappa shape index (κ1) is 14.8. The van der Waals surface area contributed by atoms with Crippen molar-refractivity contribution >= 4 is 11.9 Å². The van der Waals surface area contributed by atoms with Crippen LogP contribution in [0.15, 0.2) is 48.5 Å². The van der Waals surface area contributed by atoms with E-state index in [1.165, 1.54) is 0 Å². The first-order chi connectivity index (χ1) is 9.97. The Kier molecular flexibility index (Phi) is 4.38. The monoisotopic (exact) mass is 283 g/mol. The van der Waals surface area contributed by atoms with Gasteiger partial charge in [-0.3, -0.25) is 4.79 Å². The number of carboxylic acid groups (broad SMARTS) is 1. The van der Waals surface area contributed by atoms with Crippen LogP contribution in [0, 0.1) is 13.8 Å². The van der Waals surface area contributed by atoms with Crippen molar-refractivity contribution in [3.8, 4) is 0 Å². The molecule has 4 nitrogen and oxygen atoms in total. The van der Waals surface area contributed by atoms with E-state index in [0.717, 1.165) is 11.1 Å². The Morgan fingerprint density at radius 2 is 1.57 bits per heavy atom. The van der Waals surface area contributed by atoms with Gasteiger partial charge in [0.15, 0.2) is 6.04 Å².